The van der Waals surface area contributed by atoms with Crippen LogP contribution < -0.4 is 14.2 Å². The molecule has 0 saturated heterocycles. The zero-order valence-corrected chi connectivity index (χ0v) is 19.2. The van der Waals surface area contributed by atoms with Crippen molar-refractivity contribution in [3.8, 4) is 17.2 Å². The second-order valence-electron chi connectivity index (χ2n) is 7.38. The Hall–Kier alpha value is -3.39. The van der Waals surface area contributed by atoms with Crippen LogP contribution in [0.5, 0.6) is 17.2 Å². The summed E-state index contributed by atoms with van der Waals surface area (Å²) in [6.45, 7) is 2.85. The Morgan fingerprint density at radius 2 is 1.72 bits per heavy atom. The van der Waals surface area contributed by atoms with Crippen molar-refractivity contribution in [2.24, 2.45) is 0 Å². The summed E-state index contributed by atoms with van der Waals surface area (Å²) in [4.78, 5) is 25.1. The van der Waals surface area contributed by atoms with E-state index in [4.69, 9.17) is 18.6 Å². The number of ketones is 1. The molecular formula is C24H24O7S. The maximum atomic E-state index is 12.6. The number of carboxylic acid groups (broad SMARTS) is 1. The minimum absolute atomic E-state index is 0.160. The minimum Gasteiger partial charge on any atom is -0.493 e. The lowest BCUT2D eigenvalue weighted by atomic mass is 10.1. The molecule has 0 bridgehead atoms. The number of aliphatic carboxylic acids is 1. The van der Waals surface area contributed by atoms with Crippen LogP contribution in [0.1, 0.15) is 30.0 Å². The molecule has 0 amide bonds. The molecule has 0 spiro atoms. The Morgan fingerprint density at radius 1 is 1.06 bits per heavy atom. The highest BCUT2D eigenvalue weighted by Crippen LogP contribution is 2.41. The van der Waals surface area contributed by atoms with Crippen molar-refractivity contribution in [1.29, 1.82) is 0 Å². The van der Waals surface area contributed by atoms with E-state index in [9.17, 15) is 14.7 Å². The van der Waals surface area contributed by atoms with E-state index >= 15 is 0 Å². The third kappa shape index (κ3) is 4.91. The van der Waals surface area contributed by atoms with Crippen molar-refractivity contribution >= 4 is 40.6 Å². The number of benzene rings is 2. The highest BCUT2D eigenvalue weighted by molar-refractivity contribution is 7.98. The number of thioether (sulfide) groups is 1. The number of carbonyl (C=O) groups excluding carboxylic acids is 1. The fourth-order valence-corrected chi connectivity index (χ4v) is 3.34. The van der Waals surface area contributed by atoms with Crippen LogP contribution >= 0.6 is 11.8 Å². The largest absolute Gasteiger partial charge is 0.493 e. The fraction of sp³-hybridized carbons (Fsp3) is 0.250. The molecule has 1 aromatic heterocycles. The average molecular weight is 457 g/mol. The molecule has 3 aromatic rings. The van der Waals surface area contributed by atoms with E-state index in [1.54, 1.807) is 36.0 Å². The smallest absolute Gasteiger partial charge is 0.347 e. The maximum absolute atomic E-state index is 12.6. The van der Waals surface area contributed by atoms with E-state index in [0.29, 0.717) is 11.1 Å². The van der Waals surface area contributed by atoms with Crippen molar-refractivity contribution < 1.29 is 33.3 Å². The van der Waals surface area contributed by atoms with Gasteiger partial charge in [-0.15, -0.1) is 11.8 Å². The molecule has 8 heteroatoms. The third-order valence-corrected chi connectivity index (χ3v) is 5.48. The molecule has 0 aliphatic rings. The molecule has 168 valence electrons. The van der Waals surface area contributed by atoms with Crippen LogP contribution in [-0.2, 0) is 4.79 Å². The number of carboxylic acids is 1. The number of methoxy groups -OCH3 is 2. The molecule has 0 unspecified atom stereocenters. The molecule has 2 aromatic carbocycles. The summed E-state index contributed by atoms with van der Waals surface area (Å²) in [5.74, 6) is -0.480. The molecule has 3 rings (SSSR count). The average Bonchev–Trinajstić information content (AvgIpc) is 3.20. The number of rotatable bonds is 9. The summed E-state index contributed by atoms with van der Waals surface area (Å²) in [6.07, 6.45) is 4.96. The van der Waals surface area contributed by atoms with E-state index in [0.717, 1.165) is 10.3 Å². The molecule has 0 saturated carbocycles. The van der Waals surface area contributed by atoms with Gasteiger partial charge in [0.1, 0.15) is 5.58 Å². The van der Waals surface area contributed by atoms with Crippen molar-refractivity contribution in [3.05, 3.63) is 53.8 Å². The number of hydrogen-bond acceptors (Lipinski definition) is 7. The van der Waals surface area contributed by atoms with E-state index in [1.165, 1.54) is 34.1 Å². The normalized spacial score (nSPS) is 11.7. The van der Waals surface area contributed by atoms with Crippen molar-refractivity contribution in [2.45, 2.75) is 24.3 Å². The van der Waals surface area contributed by atoms with Gasteiger partial charge in [-0.1, -0.05) is 6.08 Å². The predicted octanol–water partition coefficient (Wildman–Crippen LogP) is 5.31. The standard InChI is InChI=1S/C24H24O7S/c1-24(2,23(26)27)31-22-20(28-3)10-14(11-21(22)29-4)6-9-17(25)19-12-15-7-8-16(32-5)13-18(15)30-19/h6-13H,1-5H3,(H,26,27)/b9-6+. The Kier molecular flexibility index (Phi) is 6.84. The topological polar surface area (TPSA) is 95.2 Å². The van der Waals surface area contributed by atoms with Gasteiger partial charge in [0.05, 0.1) is 14.2 Å². The maximum Gasteiger partial charge on any atom is 0.347 e. The monoisotopic (exact) mass is 456 g/mol. The molecule has 0 aliphatic heterocycles. The van der Waals surface area contributed by atoms with E-state index in [1.807, 2.05) is 24.5 Å². The van der Waals surface area contributed by atoms with Crippen molar-refractivity contribution in [3.63, 3.8) is 0 Å². The van der Waals surface area contributed by atoms with Gasteiger partial charge in [-0.25, -0.2) is 4.79 Å². The Bertz CT molecular complexity index is 1170. The molecular weight excluding hydrogens is 432 g/mol. The molecule has 0 aliphatic carbocycles. The molecule has 0 fully saturated rings. The van der Waals surface area contributed by atoms with Gasteiger partial charge in [0, 0.05) is 10.3 Å². The molecule has 1 heterocycles. The van der Waals surface area contributed by atoms with Crippen LogP contribution in [0.4, 0.5) is 0 Å². The Morgan fingerprint density at radius 3 is 2.28 bits per heavy atom. The molecule has 32 heavy (non-hydrogen) atoms. The highest BCUT2D eigenvalue weighted by atomic mass is 32.2. The number of ether oxygens (including phenoxy) is 3. The molecule has 0 radical (unpaired) electrons. The summed E-state index contributed by atoms with van der Waals surface area (Å²) in [5, 5.41) is 10.2. The lowest BCUT2D eigenvalue weighted by Crippen LogP contribution is -2.38. The first-order valence-corrected chi connectivity index (χ1v) is 10.9. The van der Waals surface area contributed by atoms with Crippen LogP contribution in [0.15, 0.2) is 51.8 Å². The van der Waals surface area contributed by atoms with Gasteiger partial charge in [0.2, 0.25) is 11.5 Å². The lowest BCUT2D eigenvalue weighted by Gasteiger charge is -2.24. The van der Waals surface area contributed by atoms with E-state index < -0.39 is 11.6 Å². The van der Waals surface area contributed by atoms with Gasteiger partial charge < -0.3 is 23.7 Å². The summed E-state index contributed by atoms with van der Waals surface area (Å²) >= 11 is 1.60. The third-order valence-electron chi connectivity index (χ3n) is 4.75. The summed E-state index contributed by atoms with van der Waals surface area (Å²) in [7, 11) is 2.87. The predicted molar refractivity (Wildman–Crippen MR) is 123 cm³/mol. The van der Waals surface area contributed by atoms with Crippen molar-refractivity contribution in [1.82, 2.24) is 0 Å². The zero-order valence-electron chi connectivity index (χ0n) is 18.4. The summed E-state index contributed by atoms with van der Waals surface area (Å²) < 4.78 is 22.1. The summed E-state index contributed by atoms with van der Waals surface area (Å²) in [5.41, 5.74) is -0.238. The zero-order chi connectivity index (χ0) is 23.5. The second kappa shape index (κ2) is 9.40. The van der Waals surface area contributed by atoms with Crippen LogP contribution in [-0.4, -0.2) is 42.9 Å². The quantitative estimate of drug-likeness (QED) is 0.263. The first kappa shape index (κ1) is 23.3. The van der Waals surface area contributed by atoms with Gasteiger partial charge in [0.25, 0.3) is 0 Å². The molecule has 0 atom stereocenters. The Balaban J connectivity index is 1.89. The van der Waals surface area contributed by atoms with E-state index in [2.05, 4.69) is 0 Å². The SMILES string of the molecule is COc1cc(/C=C/C(=O)c2cc3ccc(SC)cc3o2)cc(OC)c1OC(C)(C)C(=O)O. The van der Waals surface area contributed by atoms with Crippen LogP contribution in [0.25, 0.3) is 17.0 Å². The number of fused-ring (bicyclic) bond motifs is 1. The first-order valence-electron chi connectivity index (χ1n) is 9.67. The minimum atomic E-state index is -1.49. The number of allylic oxidation sites excluding steroid dienone is 1. The number of hydrogen-bond donors (Lipinski definition) is 1. The van der Waals surface area contributed by atoms with Gasteiger partial charge in [-0.3, -0.25) is 4.79 Å². The van der Waals surface area contributed by atoms with Crippen molar-refractivity contribution in [2.75, 3.05) is 20.5 Å². The van der Waals surface area contributed by atoms with Crippen LogP contribution in [0.2, 0.25) is 0 Å². The number of carbonyl (C=O) groups is 2. The highest BCUT2D eigenvalue weighted by Gasteiger charge is 2.32. The molecule has 1 N–H and O–H groups in total. The van der Waals surface area contributed by atoms with Gasteiger partial charge in [0.15, 0.2) is 22.9 Å². The van der Waals surface area contributed by atoms with Gasteiger partial charge in [-0.2, -0.15) is 0 Å². The fourth-order valence-electron chi connectivity index (χ4n) is 2.91. The van der Waals surface area contributed by atoms with Gasteiger partial charge >= 0.3 is 5.97 Å². The number of furan rings is 1. The Labute approximate surface area is 190 Å². The first-order chi connectivity index (χ1) is 15.2. The van der Waals surface area contributed by atoms with Crippen LogP contribution in [0.3, 0.4) is 0 Å². The van der Waals surface area contributed by atoms with E-state index in [-0.39, 0.29) is 28.8 Å². The van der Waals surface area contributed by atoms with Gasteiger partial charge in [-0.05, 0) is 68.1 Å². The summed E-state index contributed by atoms with van der Waals surface area (Å²) in [6, 6.07) is 10.7. The molecule has 7 nitrogen and oxygen atoms in total. The second-order valence-corrected chi connectivity index (χ2v) is 8.26. The van der Waals surface area contributed by atoms with Crippen LogP contribution in [0, 0.1) is 0 Å². The lowest BCUT2D eigenvalue weighted by molar-refractivity contribution is -0.152.